The number of esters is 1. The zero-order valence-electron chi connectivity index (χ0n) is 22.2. The van der Waals surface area contributed by atoms with Gasteiger partial charge in [0, 0.05) is 12.1 Å². The predicted octanol–water partition coefficient (Wildman–Crippen LogP) is 6.04. The summed E-state index contributed by atoms with van der Waals surface area (Å²) in [5.41, 5.74) is -0.780. The van der Waals surface area contributed by atoms with Gasteiger partial charge < -0.3 is 9.47 Å². The number of methoxy groups -OCH3 is 1. The quantitative estimate of drug-likeness (QED) is 0.374. The first-order valence-corrected chi connectivity index (χ1v) is 12.3. The molecule has 8 nitrogen and oxygen atoms in total. The molecule has 0 bridgehead atoms. The van der Waals surface area contributed by atoms with Crippen molar-refractivity contribution in [2.45, 2.75) is 52.3 Å². The highest BCUT2D eigenvalue weighted by atomic mass is 19.4. The molecule has 0 atom stereocenters. The third-order valence-corrected chi connectivity index (χ3v) is 6.20. The van der Waals surface area contributed by atoms with Gasteiger partial charge in [-0.15, -0.1) is 0 Å². The highest BCUT2D eigenvalue weighted by Gasteiger charge is 2.39. The summed E-state index contributed by atoms with van der Waals surface area (Å²) in [6, 6.07) is 9.66. The van der Waals surface area contributed by atoms with Crippen LogP contribution in [0, 0.1) is 6.92 Å². The van der Waals surface area contributed by atoms with Gasteiger partial charge in [-0.3, -0.25) is 9.69 Å². The second-order valence-corrected chi connectivity index (χ2v) is 10.2. The maximum absolute atomic E-state index is 13.9. The fourth-order valence-corrected chi connectivity index (χ4v) is 4.51. The molecule has 11 heteroatoms. The summed E-state index contributed by atoms with van der Waals surface area (Å²) in [5, 5.41) is 4.46. The number of amides is 1. The standard InChI is InChI=1S/C28H28F3N3O5/c1-16-8-6-9-19(28(29,30)31)21(16)24(35)34-20-10-7-15-33(26(37)39-27(2,3)4)23(20)22(32-34)17-11-13-18(14-12-17)25(36)38-5/h6,8-9,11-14H,7,10,15H2,1-5H3. The fraction of sp³-hybridized carbons (Fsp3) is 0.357. The van der Waals surface area contributed by atoms with Gasteiger partial charge in [0.2, 0.25) is 0 Å². The van der Waals surface area contributed by atoms with E-state index in [9.17, 15) is 27.6 Å². The number of fused-ring (bicyclic) bond motifs is 1. The molecule has 0 N–H and O–H groups in total. The van der Waals surface area contributed by atoms with E-state index >= 15 is 0 Å². The zero-order chi connectivity index (χ0) is 28.7. The van der Waals surface area contributed by atoms with Crippen molar-refractivity contribution < 1.29 is 37.0 Å². The SMILES string of the molecule is COC(=O)c1ccc(-c2nn(C(=O)c3c(C)cccc3C(F)(F)F)c3c2N(C(=O)OC(C)(C)C)CCC3)cc1. The number of benzene rings is 2. The number of aromatic nitrogens is 2. The van der Waals surface area contributed by atoms with Crippen LogP contribution in [0.5, 0.6) is 0 Å². The predicted molar refractivity (Wildman–Crippen MR) is 137 cm³/mol. The molecule has 2 aromatic carbocycles. The lowest BCUT2D eigenvalue weighted by atomic mass is 10.00. The smallest absolute Gasteiger partial charge is 0.417 e. The van der Waals surface area contributed by atoms with E-state index in [-0.39, 0.29) is 29.1 Å². The Bertz CT molecular complexity index is 1440. The van der Waals surface area contributed by atoms with E-state index in [0.717, 1.165) is 10.7 Å². The molecule has 0 radical (unpaired) electrons. The van der Waals surface area contributed by atoms with E-state index < -0.39 is 40.9 Å². The van der Waals surface area contributed by atoms with E-state index in [1.54, 1.807) is 32.9 Å². The molecule has 0 spiro atoms. The summed E-state index contributed by atoms with van der Waals surface area (Å²) >= 11 is 0. The van der Waals surface area contributed by atoms with Gasteiger partial charge in [-0.25, -0.2) is 9.59 Å². The maximum Gasteiger partial charge on any atom is 0.417 e. The molecule has 0 fully saturated rings. The number of hydrogen-bond donors (Lipinski definition) is 0. The van der Waals surface area contributed by atoms with Crippen LogP contribution < -0.4 is 4.90 Å². The molecule has 4 rings (SSSR count). The maximum atomic E-state index is 13.9. The lowest BCUT2D eigenvalue weighted by molar-refractivity contribution is -0.138. The average Bonchev–Trinajstić information content (AvgIpc) is 3.26. The number of alkyl halides is 3. The third-order valence-electron chi connectivity index (χ3n) is 6.20. The number of hydrogen-bond acceptors (Lipinski definition) is 6. The Morgan fingerprint density at radius 1 is 1.00 bits per heavy atom. The average molecular weight is 544 g/mol. The largest absolute Gasteiger partial charge is 0.465 e. The molecular weight excluding hydrogens is 515 g/mol. The lowest BCUT2D eigenvalue weighted by Crippen LogP contribution is -2.40. The Kier molecular flexibility index (Phi) is 7.29. The van der Waals surface area contributed by atoms with Crippen LogP contribution in [0.4, 0.5) is 23.7 Å². The summed E-state index contributed by atoms with van der Waals surface area (Å²) in [6.07, 6.45) is -4.71. The van der Waals surface area contributed by atoms with Crippen molar-refractivity contribution in [1.82, 2.24) is 9.78 Å². The number of carbonyl (C=O) groups excluding carboxylic acids is 3. The van der Waals surface area contributed by atoms with Crippen molar-refractivity contribution in [3.05, 3.63) is 70.4 Å². The molecule has 1 aliphatic rings. The summed E-state index contributed by atoms with van der Waals surface area (Å²) < 4.78 is 52.9. The Balaban J connectivity index is 1.92. The minimum atomic E-state index is -4.76. The van der Waals surface area contributed by atoms with Crippen LogP contribution in [0.3, 0.4) is 0 Å². The van der Waals surface area contributed by atoms with Crippen LogP contribution >= 0.6 is 0 Å². The van der Waals surface area contributed by atoms with Gasteiger partial charge >= 0.3 is 18.2 Å². The monoisotopic (exact) mass is 543 g/mol. The van der Waals surface area contributed by atoms with E-state index in [2.05, 4.69) is 5.10 Å². The Morgan fingerprint density at radius 3 is 2.26 bits per heavy atom. The molecular formula is C28H28F3N3O5. The van der Waals surface area contributed by atoms with Crippen molar-refractivity contribution in [2.75, 3.05) is 18.6 Å². The van der Waals surface area contributed by atoms with E-state index in [1.807, 2.05) is 0 Å². The zero-order valence-corrected chi connectivity index (χ0v) is 22.2. The fourth-order valence-electron chi connectivity index (χ4n) is 4.51. The third kappa shape index (κ3) is 5.52. The normalized spacial score (nSPS) is 13.6. The molecule has 0 aliphatic carbocycles. The second-order valence-electron chi connectivity index (χ2n) is 10.2. The minimum Gasteiger partial charge on any atom is -0.465 e. The molecule has 1 amide bonds. The van der Waals surface area contributed by atoms with Gasteiger partial charge in [-0.05, 0) is 64.3 Å². The first-order chi connectivity index (χ1) is 18.2. The lowest BCUT2D eigenvalue weighted by Gasteiger charge is -2.30. The highest BCUT2D eigenvalue weighted by Crippen LogP contribution is 2.40. The number of aryl methyl sites for hydroxylation is 1. The van der Waals surface area contributed by atoms with Gasteiger partial charge in [0.15, 0.2) is 0 Å². The summed E-state index contributed by atoms with van der Waals surface area (Å²) in [5.74, 6) is -1.51. The van der Waals surface area contributed by atoms with Crippen molar-refractivity contribution in [2.24, 2.45) is 0 Å². The Morgan fingerprint density at radius 2 is 1.67 bits per heavy atom. The van der Waals surface area contributed by atoms with Gasteiger partial charge in [-0.2, -0.15) is 23.0 Å². The van der Waals surface area contributed by atoms with Gasteiger partial charge in [0.25, 0.3) is 5.91 Å². The number of carbonyl (C=O) groups is 3. The van der Waals surface area contributed by atoms with Crippen LogP contribution in [0.2, 0.25) is 0 Å². The summed E-state index contributed by atoms with van der Waals surface area (Å²) in [4.78, 5) is 40.2. The Labute approximate surface area is 223 Å². The number of rotatable bonds is 3. The van der Waals surface area contributed by atoms with Gasteiger partial charge in [0.1, 0.15) is 11.3 Å². The van der Waals surface area contributed by atoms with E-state index in [0.29, 0.717) is 24.1 Å². The summed E-state index contributed by atoms with van der Waals surface area (Å²) in [7, 11) is 1.25. The number of anilines is 1. The number of halogens is 3. The van der Waals surface area contributed by atoms with E-state index in [1.165, 1.54) is 43.2 Å². The van der Waals surface area contributed by atoms with Crippen molar-refractivity contribution in [3.8, 4) is 11.3 Å². The van der Waals surface area contributed by atoms with Crippen LogP contribution in [0.15, 0.2) is 42.5 Å². The van der Waals surface area contributed by atoms with Gasteiger partial charge in [-0.1, -0.05) is 24.3 Å². The van der Waals surface area contributed by atoms with E-state index in [4.69, 9.17) is 9.47 Å². The molecule has 2 heterocycles. The van der Waals surface area contributed by atoms with Crippen molar-refractivity contribution in [1.29, 1.82) is 0 Å². The molecule has 0 saturated heterocycles. The highest BCUT2D eigenvalue weighted by molar-refractivity contribution is 6.02. The van der Waals surface area contributed by atoms with Crippen LogP contribution in [0.25, 0.3) is 11.3 Å². The topological polar surface area (TPSA) is 90.7 Å². The Hall–Kier alpha value is -4.15. The van der Waals surface area contributed by atoms with Crippen LogP contribution in [-0.2, 0) is 22.1 Å². The second kappa shape index (κ2) is 10.2. The molecule has 206 valence electrons. The van der Waals surface area contributed by atoms with Gasteiger partial charge in [0.05, 0.1) is 35.2 Å². The molecule has 0 saturated carbocycles. The first kappa shape index (κ1) is 27.9. The van der Waals surface area contributed by atoms with Crippen LogP contribution in [0.1, 0.15) is 64.7 Å². The van der Waals surface area contributed by atoms with Crippen molar-refractivity contribution in [3.63, 3.8) is 0 Å². The number of ether oxygens (including phenoxy) is 2. The number of nitrogens with zero attached hydrogens (tertiary/aromatic N) is 3. The summed E-state index contributed by atoms with van der Waals surface area (Å²) in [6.45, 7) is 6.83. The molecule has 1 aliphatic heterocycles. The van der Waals surface area contributed by atoms with Crippen molar-refractivity contribution >= 4 is 23.7 Å². The molecule has 1 aromatic heterocycles. The van der Waals surface area contributed by atoms with Crippen LogP contribution in [-0.4, -0.2) is 47.0 Å². The molecule has 39 heavy (non-hydrogen) atoms. The minimum absolute atomic E-state index is 0.142. The molecule has 0 unspecified atom stereocenters. The first-order valence-electron chi connectivity index (χ1n) is 12.3. The molecule has 3 aromatic rings.